The molecule has 0 unspecified atom stereocenters. The fourth-order valence-electron chi connectivity index (χ4n) is 1.87. The summed E-state index contributed by atoms with van der Waals surface area (Å²) in [7, 11) is 0. The minimum atomic E-state index is 0.00653. The highest BCUT2D eigenvalue weighted by Gasteiger charge is 2.13. The van der Waals surface area contributed by atoms with Gasteiger partial charge in [0.2, 0.25) is 5.82 Å². The monoisotopic (exact) mass is 288 g/mol. The van der Waals surface area contributed by atoms with Crippen LogP contribution in [0.2, 0.25) is 5.02 Å². The van der Waals surface area contributed by atoms with Crippen LogP contribution in [-0.4, -0.2) is 15.1 Å². The third kappa shape index (κ3) is 3.38. The third-order valence-corrected chi connectivity index (χ3v) is 3.09. The van der Waals surface area contributed by atoms with Gasteiger partial charge in [-0.15, -0.1) is 0 Å². The van der Waals surface area contributed by atoms with E-state index >= 15 is 0 Å². The molecule has 0 radical (unpaired) electrons. The van der Waals surface area contributed by atoms with Gasteiger partial charge in [0.05, 0.1) is 5.69 Å². The summed E-state index contributed by atoms with van der Waals surface area (Å²) in [6.07, 6.45) is 3.40. The van der Waals surface area contributed by atoms with Gasteiger partial charge in [0, 0.05) is 29.5 Å². The molecule has 4 nitrogen and oxygen atoms in total. The van der Waals surface area contributed by atoms with Crippen LogP contribution in [0.15, 0.2) is 30.6 Å². The fourth-order valence-corrected chi connectivity index (χ4v) is 2.07. The summed E-state index contributed by atoms with van der Waals surface area (Å²) in [6, 6.07) is 7.73. The van der Waals surface area contributed by atoms with Crippen LogP contribution in [0.25, 0.3) is 5.69 Å². The zero-order chi connectivity index (χ0) is 14.8. The molecule has 104 valence electrons. The first kappa shape index (κ1) is 14.6. The molecule has 1 aromatic heterocycles. The van der Waals surface area contributed by atoms with Crippen molar-refractivity contribution in [2.75, 3.05) is 0 Å². The van der Waals surface area contributed by atoms with E-state index < -0.39 is 0 Å². The molecule has 1 aromatic carbocycles. The Hall–Kier alpha value is -1.83. The van der Waals surface area contributed by atoms with Gasteiger partial charge in [0.1, 0.15) is 6.07 Å². The first-order chi connectivity index (χ1) is 9.40. The highest BCUT2D eigenvalue weighted by atomic mass is 35.5. The number of nitrogens with one attached hydrogen (secondary N) is 1. The Morgan fingerprint density at radius 1 is 1.40 bits per heavy atom. The lowest BCUT2D eigenvalue weighted by atomic mass is 10.1. The Labute approximate surface area is 124 Å². The van der Waals surface area contributed by atoms with Gasteiger partial charge in [-0.25, -0.2) is 4.98 Å². The van der Waals surface area contributed by atoms with Crippen LogP contribution >= 0.6 is 11.6 Å². The van der Waals surface area contributed by atoms with E-state index in [0.717, 1.165) is 11.3 Å². The first-order valence-corrected chi connectivity index (χ1v) is 6.76. The molecule has 1 heterocycles. The predicted octanol–water partition coefficient (Wildman–Crippen LogP) is 3.29. The largest absolute Gasteiger partial charge is 0.308 e. The van der Waals surface area contributed by atoms with E-state index in [4.69, 9.17) is 16.9 Å². The second kappa shape index (κ2) is 5.66. The van der Waals surface area contributed by atoms with E-state index in [0.29, 0.717) is 17.4 Å². The van der Waals surface area contributed by atoms with Crippen molar-refractivity contribution in [3.63, 3.8) is 0 Å². The fraction of sp³-hybridized carbons (Fsp3) is 0.333. The van der Waals surface area contributed by atoms with Crippen molar-refractivity contribution in [3.8, 4) is 11.8 Å². The van der Waals surface area contributed by atoms with Crippen molar-refractivity contribution < 1.29 is 0 Å². The van der Waals surface area contributed by atoms with Crippen molar-refractivity contribution in [1.29, 1.82) is 5.26 Å². The molecule has 2 rings (SSSR count). The molecular formula is C15H17ClN4. The average molecular weight is 289 g/mol. The van der Waals surface area contributed by atoms with Gasteiger partial charge in [-0.05, 0) is 44.5 Å². The summed E-state index contributed by atoms with van der Waals surface area (Å²) in [4.78, 5) is 4.03. The number of nitrogens with zero attached hydrogens (tertiary/aromatic N) is 3. The summed E-state index contributed by atoms with van der Waals surface area (Å²) >= 11 is 6.08. The molecule has 0 fully saturated rings. The minimum absolute atomic E-state index is 0.00653. The van der Waals surface area contributed by atoms with Gasteiger partial charge in [-0.2, -0.15) is 5.26 Å². The number of aromatic nitrogens is 2. The summed E-state index contributed by atoms with van der Waals surface area (Å²) in [5.74, 6) is 0.365. The number of hydrogen-bond donors (Lipinski definition) is 1. The van der Waals surface area contributed by atoms with Crippen molar-refractivity contribution in [3.05, 3.63) is 47.0 Å². The quantitative estimate of drug-likeness (QED) is 0.943. The Kier molecular flexibility index (Phi) is 4.12. The lowest BCUT2D eigenvalue weighted by Gasteiger charge is -2.22. The van der Waals surface area contributed by atoms with Gasteiger partial charge in [0.15, 0.2) is 0 Å². The Balaban J connectivity index is 2.41. The number of rotatable bonds is 3. The maximum atomic E-state index is 9.10. The summed E-state index contributed by atoms with van der Waals surface area (Å²) < 4.78 is 1.77. The van der Waals surface area contributed by atoms with E-state index in [9.17, 15) is 0 Å². The van der Waals surface area contributed by atoms with Crippen LogP contribution in [-0.2, 0) is 6.54 Å². The second-order valence-electron chi connectivity index (χ2n) is 5.61. The second-order valence-corrected chi connectivity index (χ2v) is 6.05. The van der Waals surface area contributed by atoms with Crippen molar-refractivity contribution in [2.45, 2.75) is 32.9 Å². The molecule has 0 atom stereocenters. The van der Waals surface area contributed by atoms with Crippen LogP contribution in [0.1, 0.15) is 32.2 Å². The molecule has 0 saturated carbocycles. The number of halogens is 1. The van der Waals surface area contributed by atoms with Gasteiger partial charge < -0.3 is 5.32 Å². The van der Waals surface area contributed by atoms with Gasteiger partial charge >= 0.3 is 0 Å². The number of nitriles is 1. The van der Waals surface area contributed by atoms with E-state index in [1.165, 1.54) is 0 Å². The number of imidazole rings is 1. The van der Waals surface area contributed by atoms with Crippen molar-refractivity contribution >= 4 is 11.6 Å². The van der Waals surface area contributed by atoms with Gasteiger partial charge in [-0.3, -0.25) is 4.57 Å². The lowest BCUT2D eigenvalue weighted by molar-refractivity contribution is 0.424. The Morgan fingerprint density at radius 3 is 2.80 bits per heavy atom. The third-order valence-electron chi connectivity index (χ3n) is 2.85. The molecular weight excluding hydrogens is 272 g/mol. The summed E-state index contributed by atoms with van der Waals surface area (Å²) in [6.45, 7) is 6.99. The van der Waals surface area contributed by atoms with Gasteiger partial charge in [-0.1, -0.05) is 11.6 Å². The maximum absolute atomic E-state index is 9.10. The van der Waals surface area contributed by atoms with Crippen LogP contribution in [0.3, 0.4) is 0 Å². The SMILES string of the molecule is CC(C)(C)NCc1cc(Cl)ccc1-n1ccnc1C#N. The smallest absolute Gasteiger partial charge is 0.217 e. The zero-order valence-electron chi connectivity index (χ0n) is 11.8. The summed E-state index contributed by atoms with van der Waals surface area (Å²) in [5.41, 5.74) is 1.95. The molecule has 2 aromatic rings. The van der Waals surface area contributed by atoms with Crippen LogP contribution in [0, 0.1) is 11.3 Å². The minimum Gasteiger partial charge on any atom is -0.308 e. The van der Waals surface area contributed by atoms with Gasteiger partial charge in [0.25, 0.3) is 0 Å². The Morgan fingerprint density at radius 2 is 2.15 bits per heavy atom. The number of benzene rings is 1. The normalized spacial score (nSPS) is 11.3. The first-order valence-electron chi connectivity index (χ1n) is 6.38. The molecule has 0 aliphatic heterocycles. The van der Waals surface area contributed by atoms with E-state index in [2.05, 4.69) is 37.1 Å². The lowest BCUT2D eigenvalue weighted by Crippen LogP contribution is -2.35. The number of hydrogen-bond acceptors (Lipinski definition) is 3. The molecule has 0 aliphatic carbocycles. The van der Waals surface area contributed by atoms with Crippen molar-refractivity contribution in [1.82, 2.24) is 14.9 Å². The Bertz CT molecular complexity index is 647. The standard InChI is InChI=1S/C15H17ClN4/c1-15(2,3)19-10-11-8-12(16)4-5-13(11)20-7-6-18-14(20)9-17/h4-8,19H,10H2,1-3H3. The van der Waals surface area contributed by atoms with E-state index in [1.54, 1.807) is 17.0 Å². The molecule has 0 bridgehead atoms. The zero-order valence-corrected chi connectivity index (χ0v) is 12.6. The molecule has 0 aliphatic rings. The highest BCUT2D eigenvalue weighted by Crippen LogP contribution is 2.21. The highest BCUT2D eigenvalue weighted by molar-refractivity contribution is 6.30. The summed E-state index contributed by atoms with van der Waals surface area (Å²) in [5, 5.41) is 13.2. The topological polar surface area (TPSA) is 53.6 Å². The van der Waals surface area contributed by atoms with E-state index in [-0.39, 0.29) is 5.54 Å². The average Bonchev–Trinajstić information content (AvgIpc) is 2.83. The van der Waals surface area contributed by atoms with E-state index in [1.807, 2.05) is 18.2 Å². The molecule has 0 spiro atoms. The van der Waals surface area contributed by atoms with Crippen LogP contribution in [0.4, 0.5) is 0 Å². The molecule has 5 heteroatoms. The molecule has 0 saturated heterocycles. The molecule has 0 amide bonds. The van der Waals surface area contributed by atoms with Crippen LogP contribution in [0.5, 0.6) is 0 Å². The van der Waals surface area contributed by atoms with Crippen molar-refractivity contribution in [2.24, 2.45) is 0 Å². The van der Waals surface area contributed by atoms with Crippen LogP contribution < -0.4 is 5.32 Å². The maximum Gasteiger partial charge on any atom is 0.217 e. The predicted molar refractivity (Wildman–Crippen MR) is 79.9 cm³/mol. The molecule has 20 heavy (non-hydrogen) atoms. The molecule has 1 N–H and O–H groups in total.